The number of aromatic nitrogens is 1. The molecule has 1 aliphatic rings. The van der Waals surface area contributed by atoms with E-state index in [0.29, 0.717) is 23.4 Å². The highest BCUT2D eigenvalue weighted by atomic mass is 35.5. The van der Waals surface area contributed by atoms with Gasteiger partial charge in [-0.1, -0.05) is 11.6 Å². The van der Waals surface area contributed by atoms with E-state index < -0.39 is 12.0 Å². The molecule has 19 heavy (non-hydrogen) atoms. The summed E-state index contributed by atoms with van der Waals surface area (Å²) < 4.78 is 26.2. The van der Waals surface area contributed by atoms with Gasteiger partial charge >= 0.3 is 6.09 Å². The monoisotopic (exact) mass is 290 g/mol. The van der Waals surface area contributed by atoms with E-state index in [0.717, 1.165) is 0 Å². The summed E-state index contributed by atoms with van der Waals surface area (Å²) in [5, 5.41) is 11.0. The number of nitrogens with one attached hydrogen (secondary N) is 1. The molecular formula is C12H13ClF2N2O2. The van der Waals surface area contributed by atoms with Crippen LogP contribution in [0.5, 0.6) is 0 Å². The average Bonchev–Trinajstić information content (AvgIpc) is 2.29. The zero-order valence-corrected chi connectivity index (χ0v) is 10.8. The van der Waals surface area contributed by atoms with E-state index in [-0.39, 0.29) is 24.6 Å². The quantitative estimate of drug-likeness (QED) is 0.861. The lowest BCUT2D eigenvalue weighted by Gasteiger charge is -2.28. The third-order valence-corrected chi connectivity index (χ3v) is 3.60. The Balaban J connectivity index is 2.11. The summed E-state index contributed by atoms with van der Waals surface area (Å²) in [6, 6.07) is 1.40. The van der Waals surface area contributed by atoms with Crippen LogP contribution in [0.1, 0.15) is 37.2 Å². The molecule has 0 spiro atoms. The van der Waals surface area contributed by atoms with E-state index in [1.807, 2.05) is 0 Å². The first-order valence-electron chi connectivity index (χ1n) is 5.90. The molecule has 1 aromatic rings. The highest BCUT2D eigenvalue weighted by molar-refractivity contribution is 6.31. The van der Waals surface area contributed by atoms with Crippen LogP contribution in [0.25, 0.3) is 0 Å². The van der Waals surface area contributed by atoms with E-state index in [1.165, 1.54) is 12.3 Å². The van der Waals surface area contributed by atoms with E-state index in [2.05, 4.69) is 10.3 Å². The van der Waals surface area contributed by atoms with Gasteiger partial charge in [0.25, 0.3) is 0 Å². The highest BCUT2D eigenvalue weighted by Gasteiger charge is 2.36. The predicted octanol–water partition coefficient (Wildman–Crippen LogP) is 4.12. The molecule has 0 saturated heterocycles. The lowest BCUT2D eigenvalue weighted by molar-refractivity contribution is -0.0382. The number of carboxylic acid groups (broad SMARTS) is 1. The van der Waals surface area contributed by atoms with Crippen molar-refractivity contribution in [2.45, 2.75) is 37.5 Å². The van der Waals surface area contributed by atoms with Gasteiger partial charge in [0.05, 0.1) is 0 Å². The van der Waals surface area contributed by atoms with Gasteiger partial charge in [-0.15, -0.1) is 0 Å². The molecule has 1 aliphatic carbocycles. The molecule has 7 heteroatoms. The standard InChI is InChI=1S/C12H13ClF2N2O2/c13-9-5-10(17-11(18)19)16-6-8(9)7-1-3-12(14,15)4-2-7/h5-7H,1-4H2,(H,16,17)(H,18,19). The Morgan fingerprint density at radius 1 is 1.47 bits per heavy atom. The summed E-state index contributed by atoms with van der Waals surface area (Å²) in [6.07, 6.45) is 0.655. The lowest BCUT2D eigenvalue weighted by Crippen LogP contribution is -2.23. The number of anilines is 1. The first-order valence-corrected chi connectivity index (χ1v) is 6.28. The van der Waals surface area contributed by atoms with Gasteiger partial charge in [-0.2, -0.15) is 0 Å². The molecule has 0 bridgehead atoms. The average molecular weight is 291 g/mol. The summed E-state index contributed by atoms with van der Waals surface area (Å²) in [5.41, 5.74) is 0.702. The Morgan fingerprint density at radius 3 is 2.63 bits per heavy atom. The van der Waals surface area contributed by atoms with Crippen molar-refractivity contribution in [2.24, 2.45) is 0 Å². The van der Waals surface area contributed by atoms with E-state index in [4.69, 9.17) is 16.7 Å². The maximum atomic E-state index is 13.1. The Kier molecular flexibility index (Phi) is 3.89. The summed E-state index contributed by atoms with van der Waals surface area (Å²) >= 11 is 6.06. The minimum Gasteiger partial charge on any atom is -0.465 e. The van der Waals surface area contributed by atoms with Crippen molar-refractivity contribution in [3.63, 3.8) is 0 Å². The number of amides is 1. The van der Waals surface area contributed by atoms with Gasteiger partial charge in [-0.05, 0) is 30.4 Å². The molecule has 4 nitrogen and oxygen atoms in total. The number of hydrogen-bond donors (Lipinski definition) is 2. The fraction of sp³-hybridized carbons (Fsp3) is 0.500. The predicted molar refractivity (Wildman–Crippen MR) is 67.1 cm³/mol. The number of rotatable bonds is 2. The molecule has 1 aromatic heterocycles. The number of halogens is 3. The molecule has 0 aromatic carbocycles. The van der Waals surface area contributed by atoms with Gasteiger partial charge in [0.1, 0.15) is 5.82 Å². The molecule has 1 heterocycles. The second-order valence-electron chi connectivity index (χ2n) is 4.65. The molecule has 0 aliphatic heterocycles. The summed E-state index contributed by atoms with van der Waals surface area (Å²) in [7, 11) is 0. The van der Waals surface area contributed by atoms with Crippen molar-refractivity contribution in [2.75, 3.05) is 5.32 Å². The van der Waals surface area contributed by atoms with Crippen LogP contribution in [0.3, 0.4) is 0 Å². The minimum absolute atomic E-state index is 0.0431. The van der Waals surface area contributed by atoms with Crippen LogP contribution in [-0.2, 0) is 0 Å². The van der Waals surface area contributed by atoms with Crippen molar-refractivity contribution < 1.29 is 18.7 Å². The van der Waals surface area contributed by atoms with Gasteiger partial charge in [-0.3, -0.25) is 5.32 Å². The normalized spacial score (nSPS) is 19.1. The first kappa shape index (κ1) is 14.0. The zero-order chi connectivity index (χ0) is 14.0. The van der Waals surface area contributed by atoms with Crippen LogP contribution in [0.4, 0.5) is 19.4 Å². The summed E-state index contributed by atoms with van der Waals surface area (Å²) in [5.74, 6) is -2.50. The van der Waals surface area contributed by atoms with Crippen molar-refractivity contribution in [1.29, 1.82) is 0 Å². The fourth-order valence-corrected chi connectivity index (χ4v) is 2.58. The van der Waals surface area contributed by atoms with Gasteiger partial charge < -0.3 is 5.11 Å². The van der Waals surface area contributed by atoms with Crippen LogP contribution in [0, 0.1) is 0 Å². The Morgan fingerprint density at radius 2 is 2.11 bits per heavy atom. The summed E-state index contributed by atoms with van der Waals surface area (Å²) in [6.45, 7) is 0. The maximum absolute atomic E-state index is 13.1. The largest absolute Gasteiger partial charge is 0.465 e. The number of alkyl halides is 2. The Hall–Kier alpha value is -1.43. The van der Waals surface area contributed by atoms with Crippen molar-refractivity contribution in [3.8, 4) is 0 Å². The third kappa shape index (κ3) is 3.53. The minimum atomic E-state index is -2.58. The molecule has 2 N–H and O–H groups in total. The smallest absolute Gasteiger partial charge is 0.410 e. The number of hydrogen-bond acceptors (Lipinski definition) is 2. The Bertz CT molecular complexity index is 487. The molecule has 1 saturated carbocycles. The van der Waals surface area contributed by atoms with Crippen LogP contribution in [-0.4, -0.2) is 22.1 Å². The van der Waals surface area contributed by atoms with Crippen LogP contribution < -0.4 is 5.32 Å². The second-order valence-corrected chi connectivity index (χ2v) is 5.06. The van der Waals surface area contributed by atoms with Crippen LogP contribution >= 0.6 is 11.6 Å². The van der Waals surface area contributed by atoms with E-state index in [1.54, 1.807) is 0 Å². The lowest BCUT2D eigenvalue weighted by atomic mass is 9.83. The van der Waals surface area contributed by atoms with E-state index >= 15 is 0 Å². The molecule has 104 valence electrons. The van der Waals surface area contributed by atoms with Gasteiger partial charge in [0.2, 0.25) is 5.92 Å². The first-order chi connectivity index (χ1) is 8.87. The summed E-state index contributed by atoms with van der Waals surface area (Å²) in [4.78, 5) is 14.4. The zero-order valence-electron chi connectivity index (χ0n) is 10.00. The number of nitrogens with zero attached hydrogens (tertiary/aromatic N) is 1. The van der Waals surface area contributed by atoms with Crippen molar-refractivity contribution >= 4 is 23.5 Å². The second kappa shape index (κ2) is 5.28. The van der Waals surface area contributed by atoms with E-state index in [9.17, 15) is 13.6 Å². The molecule has 0 atom stereocenters. The van der Waals surface area contributed by atoms with Gasteiger partial charge in [-0.25, -0.2) is 18.6 Å². The molecule has 0 unspecified atom stereocenters. The SMILES string of the molecule is O=C(O)Nc1cc(Cl)c(C2CCC(F)(F)CC2)cn1. The van der Waals surface area contributed by atoms with Gasteiger partial charge in [0.15, 0.2) is 0 Å². The number of carbonyl (C=O) groups is 1. The van der Waals surface area contributed by atoms with Crippen molar-refractivity contribution in [3.05, 3.63) is 22.8 Å². The molecule has 1 fully saturated rings. The molecule has 1 amide bonds. The Labute approximate surface area is 113 Å². The topological polar surface area (TPSA) is 62.2 Å². The molecular weight excluding hydrogens is 278 g/mol. The molecule has 0 radical (unpaired) electrons. The number of pyridine rings is 1. The van der Waals surface area contributed by atoms with Crippen LogP contribution in [0.15, 0.2) is 12.3 Å². The van der Waals surface area contributed by atoms with Crippen molar-refractivity contribution in [1.82, 2.24) is 4.98 Å². The fourth-order valence-electron chi connectivity index (χ4n) is 2.27. The molecule has 2 rings (SSSR count). The van der Waals surface area contributed by atoms with Crippen LogP contribution in [0.2, 0.25) is 5.02 Å². The van der Waals surface area contributed by atoms with Gasteiger partial charge in [0, 0.05) is 24.1 Å². The third-order valence-electron chi connectivity index (χ3n) is 3.27. The maximum Gasteiger partial charge on any atom is 0.410 e. The highest BCUT2D eigenvalue weighted by Crippen LogP contribution is 2.42.